The van der Waals surface area contributed by atoms with Crippen LogP contribution in [0.3, 0.4) is 0 Å². The zero-order valence-corrected chi connectivity index (χ0v) is 10.5. The number of hydrogen-bond donors (Lipinski definition) is 1. The molecule has 0 atom stereocenters. The maximum absolute atomic E-state index is 12.1. The average molecular weight is 252 g/mol. The second kappa shape index (κ2) is 5.63. The molecule has 2 rings (SSSR count). The van der Waals surface area contributed by atoms with E-state index < -0.39 is 0 Å². The molecule has 0 radical (unpaired) electrons. The average Bonchev–Trinajstić information content (AvgIpc) is 2.46. The van der Waals surface area contributed by atoms with E-state index in [4.69, 9.17) is 9.47 Å². The molecule has 1 aliphatic heterocycles. The summed E-state index contributed by atoms with van der Waals surface area (Å²) in [5, 5.41) is 2.90. The molecule has 1 saturated heterocycles. The van der Waals surface area contributed by atoms with Gasteiger partial charge in [-0.2, -0.15) is 4.98 Å². The van der Waals surface area contributed by atoms with Crippen molar-refractivity contribution < 1.29 is 14.3 Å². The van der Waals surface area contributed by atoms with E-state index in [2.05, 4.69) is 15.3 Å². The summed E-state index contributed by atoms with van der Waals surface area (Å²) in [7, 11) is 3.25. The number of ether oxygens (including phenoxy) is 2. The first kappa shape index (κ1) is 12.6. The fraction of sp³-hybridized carbons (Fsp3) is 0.545. The van der Waals surface area contributed by atoms with Gasteiger partial charge in [0.05, 0.1) is 26.5 Å². The van der Waals surface area contributed by atoms with Crippen molar-refractivity contribution in [2.45, 2.75) is 0 Å². The summed E-state index contributed by atoms with van der Waals surface area (Å²) in [5.41, 5.74) is 0.649. The van der Waals surface area contributed by atoms with E-state index in [-0.39, 0.29) is 11.7 Å². The first-order valence-electron chi connectivity index (χ1n) is 5.72. The molecule has 1 aromatic heterocycles. The molecule has 1 amide bonds. The highest BCUT2D eigenvalue weighted by atomic mass is 16.5. The number of carbonyl (C=O) groups is 1. The topological polar surface area (TPSA) is 76.6 Å². The Kier molecular flexibility index (Phi) is 3.93. The molecular formula is C11H16N4O3. The van der Waals surface area contributed by atoms with E-state index in [1.54, 1.807) is 18.1 Å². The normalized spacial score (nSPS) is 15.3. The largest absolute Gasteiger partial charge is 0.479 e. The lowest BCUT2D eigenvalue weighted by Gasteiger charge is -2.26. The lowest BCUT2D eigenvalue weighted by molar-refractivity contribution is 0.0294. The van der Waals surface area contributed by atoms with Gasteiger partial charge in [0.2, 0.25) is 11.7 Å². The second-order valence-electron chi connectivity index (χ2n) is 3.77. The highest BCUT2D eigenvalue weighted by Crippen LogP contribution is 2.19. The van der Waals surface area contributed by atoms with Gasteiger partial charge in [0.1, 0.15) is 5.69 Å². The summed E-state index contributed by atoms with van der Waals surface area (Å²) in [5.74, 6) is 0.316. The van der Waals surface area contributed by atoms with E-state index in [0.29, 0.717) is 37.9 Å². The van der Waals surface area contributed by atoms with Crippen molar-refractivity contribution in [3.8, 4) is 5.88 Å². The standard InChI is InChI=1S/C11H16N4O3/c1-12-8-7-13-9(14-10(8)17-2)11(16)15-3-5-18-6-4-15/h7,12H,3-6H2,1-2H3. The maximum Gasteiger partial charge on any atom is 0.291 e. The highest BCUT2D eigenvalue weighted by Gasteiger charge is 2.22. The minimum Gasteiger partial charge on any atom is -0.479 e. The number of carbonyl (C=O) groups excluding carboxylic acids is 1. The van der Waals surface area contributed by atoms with E-state index >= 15 is 0 Å². The third kappa shape index (κ3) is 2.51. The molecule has 7 heteroatoms. The Morgan fingerprint density at radius 3 is 2.83 bits per heavy atom. The van der Waals surface area contributed by atoms with E-state index in [1.807, 2.05) is 0 Å². The monoisotopic (exact) mass is 252 g/mol. The summed E-state index contributed by atoms with van der Waals surface area (Å²) in [6.07, 6.45) is 1.54. The van der Waals surface area contributed by atoms with Crippen molar-refractivity contribution in [2.24, 2.45) is 0 Å². The molecule has 1 aliphatic rings. The molecule has 1 N–H and O–H groups in total. The van der Waals surface area contributed by atoms with Crippen molar-refractivity contribution in [3.63, 3.8) is 0 Å². The van der Waals surface area contributed by atoms with Crippen molar-refractivity contribution in [2.75, 3.05) is 45.8 Å². The van der Waals surface area contributed by atoms with Gasteiger partial charge in [-0.05, 0) is 0 Å². The van der Waals surface area contributed by atoms with Crippen LogP contribution in [-0.2, 0) is 4.74 Å². The predicted octanol–water partition coefficient (Wildman–Crippen LogP) is -0.000700. The van der Waals surface area contributed by atoms with Crippen LogP contribution in [0.4, 0.5) is 5.69 Å². The van der Waals surface area contributed by atoms with Crippen LogP contribution in [0.5, 0.6) is 5.88 Å². The van der Waals surface area contributed by atoms with Crippen LogP contribution in [0.25, 0.3) is 0 Å². The molecule has 0 bridgehead atoms. The van der Waals surface area contributed by atoms with Crippen molar-refractivity contribution in [1.82, 2.24) is 14.9 Å². The molecule has 0 aliphatic carbocycles. The number of aromatic nitrogens is 2. The summed E-state index contributed by atoms with van der Waals surface area (Å²) in [4.78, 5) is 22.0. The third-order valence-corrected chi connectivity index (χ3v) is 2.71. The molecule has 7 nitrogen and oxygen atoms in total. The van der Waals surface area contributed by atoms with Crippen LogP contribution in [0, 0.1) is 0 Å². The number of rotatable bonds is 3. The van der Waals surface area contributed by atoms with Crippen molar-refractivity contribution >= 4 is 11.6 Å². The molecule has 1 aromatic rings. The molecule has 1 fully saturated rings. The van der Waals surface area contributed by atoms with Gasteiger partial charge >= 0.3 is 0 Å². The summed E-state index contributed by atoms with van der Waals surface area (Å²) in [6, 6.07) is 0. The first-order valence-corrected chi connectivity index (χ1v) is 5.72. The quantitative estimate of drug-likeness (QED) is 0.816. The molecule has 0 aromatic carbocycles. The zero-order chi connectivity index (χ0) is 13.0. The van der Waals surface area contributed by atoms with Crippen LogP contribution in [0.15, 0.2) is 6.20 Å². The lowest BCUT2D eigenvalue weighted by atomic mass is 10.3. The molecule has 0 saturated carbocycles. The smallest absolute Gasteiger partial charge is 0.291 e. The molecule has 0 unspecified atom stereocenters. The second-order valence-corrected chi connectivity index (χ2v) is 3.77. The van der Waals surface area contributed by atoms with Crippen LogP contribution in [0.2, 0.25) is 0 Å². The number of anilines is 1. The van der Waals surface area contributed by atoms with Crippen molar-refractivity contribution in [3.05, 3.63) is 12.0 Å². The Hall–Kier alpha value is -1.89. The van der Waals surface area contributed by atoms with Crippen molar-refractivity contribution in [1.29, 1.82) is 0 Å². The predicted molar refractivity (Wildman–Crippen MR) is 64.9 cm³/mol. The molecule has 98 valence electrons. The van der Waals surface area contributed by atoms with Crippen LogP contribution >= 0.6 is 0 Å². The minimum atomic E-state index is -0.195. The lowest BCUT2D eigenvalue weighted by Crippen LogP contribution is -2.41. The summed E-state index contributed by atoms with van der Waals surface area (Å²) in [6.45, 7) is 2.24. The summed E-state index contributed by atoms with van der Waals surface area (Å²) >= 11 is 0. The third-order valence-electron chi connectivity index (χ3n) is 2.71. The van der Waals surface area contributed by atoms with Gasteiger partial charge in [-0.25, -0.2) is 4.98 Å². The number of morpholine rings is 1. The highest BCUT2D eigenvalue weighted by molar-refractivity contribution is 5.91. The molecule has 2 heterocycles. The number of amides is 1. The van der Waals surface area contributed by atoms with E-state index in [1.165, 1.54) is 7.11 Å². The van der Waals surface area contributed by atoms with Crippen LogP contribution in [-0.4, -0.2) is 61.2 Å². The van der Waals surface area contributed by atoms with E-state index in [9.17, 15) is 4.79 Å². The van der Waals surface area contributed by atoms with Crippen LogP contribution < -0.4 is 10.1 Å². The van der Waals surface area contributed by atoms with E-state index in [0.717, 1.165) is 0 Å². The van der Waals surface area contributed by atoms with Gasteiger partial charge in [-0.1, -0.05) is 0 Å². The van der Waals surface area contributed by atoms with Gasteiger partial charge in [0.15, 0.2) is 0 Å². The number of hydrogen-bond acceptors (Lipinski definition) is 6. The number of nitrogens with one attached hydrogen (secondary N) is 1. The van der Waals surface area contributed by atoms with Gasteiger partial charge in [-0.15, -0.1) is 0 Å². The Bertz CT molecular complexity index is 432. The molecular weight excluding hydrogens is 236 g/mol. The summed E-state index contributed by atoms with van der Waals surface area (Å²) < 4.78 is 10.3. The molecule has 0 spiro atoms. The Morgan fingerprint density at radius 1 is 1.50 bits per heavy atom. The number of methoxy groups -OCH3 is 1. The Balaban J connectivity index is 2.19. The minimum absolute atomic E-state index is 0.146. The van der Waals surface area contributed by atoms with Gasteiger partial charge in [-0.3, -0.25) is 4.79 Å². The first-order chi connectivity index (χ1) is 8.76. The van der Waals surface area contributed by atoms with Gasteiger partial charge < -0.3 is 19.7 Å². The van der Waals surface area contributed by atoms with Gasteiger partial charge in [0, 0.05) is 20.1 Å². The van der Waals surface area contributed by atoms with Crippen LogP contribution in [0.1, 0.15) is 10.6 Å². The zero-order valence-electron chi connectivity index (χ0n) is 10.5. The number of nitrogens with zero attached hydrogens (tertiary/aromatic N) is 3. The fourth-order valence-corrected chi connectivity index (χ4v) is 1.70. The molecule has 18 heavy (non-hydrogen) atoms. The Labute approximate surface area is 105 Å². The fourth-order valence-electron chi connectivity index (χ4n) is 1.70. The Morgan fingerprint density at radius 2 is 2.22 bits per heavy atom. The SMILES string of the molecule is CNc1cnc(C(=O)N2CCOCC2)nc1OC. The maximum atomic E-state index is 12.1. The van der Waals surface area contributed by atoms with Gasteiger partial charge in [0.25, 0.3) is 5.91 Å².